The SMILES string of the molecule is N#Cc1cccc(C(F)(F)F)c1-c1cc(-n2c3cc(C(F)(F)F)ccc3c3ccc(C(F)(F)F)cc32)c(C#N)c(-n2c3cc(C(F)(F)F)ccc3c3ccc(C(F)(F)F)cc32)c1. The number of hydrogen-bond donors (Lipinski definition) is 0. The van der Waals surface area contributed by atoms with Gasteiger partial charge in [-0.3, -0.25) is 0 Å². The first kappa shape index (κ1) is 41.6. The van der Waals surface area contributed by atoms with E-state index in [0.29, 0.717) is 63.7 Å². The van der Waals surface area contributed by atoms with Crippen molar-refractivity contribution in [3.8, 4) is 34.6 Å². The Bertz CT molecular complexity index is 2940. The van der Waals surface area contributed by atoms with Crippen molar-refractivity contribution < 1.29 is 65.9 Å². The van der Waals surface area contributed by atoms with Gasteiger partial charge >= 0.3 is 30.9 Å². The molecular weight excluding hydrogens is 857 g/mol. The zero-order valence-electron chi connectivity index (χ0n) is 30.3. The number of alkyl halides is 15. The molecule has 8 aromatic rings. The molecule has 0 atom stereocenters. The van der Waals surface area contributed by atoms with Gasteiger partial charge in [-0.1, -0.05) is 30.3 Å². The summed E-state index contributed by atoms with van der Waals surface area (Å²) < 4.78 is 217. The molecule has 0 aliphatic heterocycles. The van der Waals surface area contributed by atoms with Gasteiger partial charge in [-0.2, -0.15) is 76.4 Å². The molecule has 0 fully saturated rings. The first-order chi connectivity index (χ1) is 28.8. The lowest BCUT2D eigenvalue weighted by molar-refractivity contribution is -0.138. The van der Waals surface area contributed by atoms with E-state index in [0.717, 1.165) is 48.5 Å². The molecule has 8 rings (SSSR count). The molecule has 0 radical (unpaired) electrons. The van der Waals surface area contributed by atoms with Gasteiger partial charge in [-0.15, -0.1) is 0 Å². The highest BCUT2D eigenvalue weighted by atomic mass is 19.4. The highest BCUT2D eigenvalue weighted by molar-refractivity contribution is 6.12. The maximum Gasteiger partial charge on any atom is 0.417 e. The summed E-state index contributed by atoms with van der Waals surface area (Å²) in [5.74, 6) is 0. The molecule has 0 unspecified atom stereocenters. The minimum Gasteiger partial charge on any atom is -0.308 e. The van der Waals surface area contributed by atoms with Gasteiger partial charge in [-0.25, -0.2) is 0 Å². The molecule has 314 valence electrons. The van der Waals surface area contributed by atoms with E-state index in [9.17, 15) is 76.4 Å². The van der Waals surface area contributed by atoms with E-state index in [1.54, 1.807) is 12.1 Å². The number of aromatic nitrogens is 2. The van der Waals surface area contributed by atoms with Gasteiger partial charge in [0.05, 0.1) is 72.9 Å². The van der Waals surface area contributed by atoms with Crippen molar-refractivity contribution >= 4 is 43.6 Å². The number of nitriles is 2. The van der Waals surface area contributed by atoms with Crippen molar-refractivity contribution in [2.75, 3.05) is 0 Å². The van der Waals surface area contributed by atoms with Gasteiger partial charge in [-0.05, 0) is 78.4 Å². The number of nitrogens with zero attached hydrogens (tertiary/aromatic N) is 4. The van der Waals surface area contributed by atoms with Crippen molar-refractivity contribution in [3.05, 3.63) is 142 Å². The molecule has 2 heterocycles. The fourth-order valence-electron chi connectivity index (χ4n) is 7.68. The largest absolute Gasteiger partial charge is 0.417 e. The van der Waals surface area contributed by atoms with Gasteiger partial charge in [0.25, 0.3) is 0 Å². The molecule has 0 spiro atoms. The highest BCUT2D eigenvalue weighted by Gasteiger charge is 2.38. The highest BCUT2D eigenvalue weighted by Crippen LogP contribution is 2.47. The lowest BCUT2D eigenvalue weighted by Crippen LogP contribution is -2.11. The Morgan fingerprint density at radius 2 is 0.726 bits per heavy atom. The van der Waals surface area contributed by atoms with Crippen LogP contribution in [-0.4, -0.2) is 9.13 Å². The third-order valence-electron chi connectivity index (χ3n) is 10.3. The van der Waals surface area contributed by atoms with Crippen molar-refractivity contribution in [1.82, 2.24) is 9.13 Å². The van der Waals surface area contributed by atoms with Crippen LogP contribution in [0.3, 0.4) is 0 Å². The van der Waals surface area contributed by atoms with E-state index < -0.39 is 114 Å². The predicted octanol–water partition coefficient (Wildman–Crippen LogP) is 14.4. The minimum atomic E-state index is -5.28. The second-order valence-corrected chi connectivity index (χ2v) is 13.9. The van der Waals surface area contributed by atoms with E-state index in [1.807, 2.05) is 0 Å². The number of halogens is 15. The Labute approximate surface area is 336 Å². The monoisotopic (exact) mass is 874 g/mol. The molecule has 0 aliphatic rings. The van der Waals surface area contributed by atoms with Crippen LogP contribution in [0.2, 0.25) is 0 Å². The van der Waals surface area contributed by atoms with E-state index in [1.165, 1.54) is 0 Å². The molecule has 2 aromatic heterocycles. The standard InChI is InChI=1S/C43H17F15N4/c44-39(45,46)22-4-8-26-27-9-5-23(40(47,48)49)15-35(27)61(34(26)14-22)32-12-21(38-20(18-59)2-1-3-31(38)43(56,57)58)13-33(30(32)19-60)62-36-16-24(41(50,51)52)6-10-28(36)29-11-7-25(17-37(29)62)42(53,54)55/h1-17H. The third kappa shape index (κ3) is 6.77. The molecule has 4 nitrogen and oxygen atoms in total. The number of hydrogen-bond acceptors (Lipinski definition) is 2. The van der Waals surface area contributed by atoms with E-state index >= 15 is 0 Å². The molecule has 6 aromatic carbocycles. The smallest absolute Gasteiger partial charge is 0.308 e. The van der Waals surface area contributed by atoms with Crippen LogP contribution < -0.4 is 0 Å². The molecule has 0 bridgehead atoms. The fourth-order valence-corrected chi connectivity index (χ4v) is 7.68. The molecule has 19 heteroatoms. The van der Waals surface area contributed by atoms with Crippen molar-refractivity contribution in [1.29, 1.82) is 10.5 Å². The van der Waals surface area contributed by atoms with Crippen molar-refractivity contribution in [2.24, 2.45) is 0 Å². The maximum atomic E-state index is 14.8. The number of benzene rings is 6. The summed E-state index contributed by atoms with van der Waals surface area (Å²) in [5.41, 5.74) is -13.9. The predicted molar refractivity (Wildman–Crippen MR) is 195 cm³/mol. The molecule has 0 saturated carbocycles. The van der Waals surface area contributed by atoms with Crippen LogP contribution in [0.25, 0.3) is 66.1 Å². The minimum absolute atomic E-state index is 0.160. The summed E-state index contributed by atoms with van der Waals surface area (Å²) in [6, 6.07) is 15.1. The van der Waals surface area contributed by atoms with Crippen LogP contribution in [0, 0.1) is 22.7 Å². The normalized spacial score (nSPS) is 13.0. The fraction of sp³-hybridized carbons (Fsp3) is 0.116. The van der Waals surface area contributed by atoms with E-state index in [-0.39, 0.29) is 21.5 Å². The Morgan fingerprint density at radius 3 is 1.00 bits per heavy atom. The van der Waals surface area contributed by atoms with E-state index in [4.69, 9.17) is 0 Å². The lowest BCUT2D eigenvalue weighted by Gasteiger charge is -2.21. The zero-order chi connectivity index (χ0) is 45.1. The second kappa shape index (κ2) is 13.7. The summed E-state index contributed by atoms with van der Waals surface area (Å²) >= 11 is 0. The van der Waals surface area contributed by atoms with Crippen LogP contribution >= 0.6 is 0 Å². The number of rotatable bonds is 3. The lowest BCUT2D eigenvalue weighted by atomic mass is 9.92. The maximum absolute atomic E-state index is 14.8. The average molecular weight is 875 g/mol. The topological polar surface area (TPSA) is 57.4 Å². The van der Waals surface area contributed by atoms with Crippen molar-refractivity contribution in [3.63, 3.8) is 0 Å². The first-order valence-corrected chi connectivity index (χ1v) is 17.5. The Kier molecular flexibility index (Phi) is 9.18. The van der Waals surface area contributed by atoms with Crippen LogP contribution in [0.5, 0.6) is 0 Å². The molecule has 0 N–H and O–H groups in total. The van der Waals surface area contributed by atoms with Gasteiger partial charge < -0.3 is 9.13 Å². The van der Waals surface area contributed by atoms with E-state index in [2.05, 4.69) is 0 Å². The van der Waals surface area contributed by atoms with Crippen LogP contribution in [0.1, 0.15) is 38.9 Å². The zero-order valence-corrected chi connectivity index (χ0v) is 30.3. The molecular formula is C43H17F15N4. The van der Waals surface area contributed by atoms with Gasteiger partial charge in [0.1, 0.15) is 11.6 Å². The first-order valence-electron chi connectivity index (χ1n) is 17.5. The van der Waals surface area contributed by atoms with Gasteiger partial charge in [0, 0.05) is 27.1 Å². The van der Waals surface area contributed by atoms with Crippen LogP contribution in [0.15, 0.2) is 103 Å². The average Bonchev–Trinajstić information content (AvgIpc) is 3.69. The Balaban J connectivity index is 1.66. The summed E-state index contributed by atoms with van der Waals surface area (Å²) in [6.45, 7) is 0. The molecule has 0 amide bonds. The summed E-state index contributed by atoms with van der Waals surface area (Å²) in [5, 5.41) is 20.4. The quantitative estimate of drug-likeness (QED) is 0.166. The molecule has 0 saturated heterocycles. The van der Waals surface area contributed by atoms with Gasteiger partial charge in [0.2, 0.25) is 0 Å². The molecule has 0 aliphatic carbocycles. The summed E-state index contributed by atoms with van der Waals surface area (Å²) in [7, 11) is 0. The van der Waals surface area contributed by atoms with Crippen molar-refractivity contribution in [2.45, 2.75) is 30.9 Å². The number of fused-ring (bicyclic) bond motifs is 6. The Hall–Kier alpha value is -7.15. The summed E-state index contributed by atoms with van der Waals surface area (Å²) in [6.07, 6.45) is -25.7. The summed E-state index contributed by atoms with van der Waals surface area (Å²) in [4.78, 5) is 0. The molecule has 62 heavy (non-hydrogen) atoms. The third-order valence-corrected chi connectivity index (χ3v) is 10.3. The second-order valence-electron chi connectivity index (χ2n) is 13.9. The van der Waals surface area contributed by atoms with Crippen LogP contribution in [0.4, 0.5) is 65.9 Å². The van der Waals surface area contributed by atoms with Gasteiger partial charge in [0.15, 0.2) is 0 Å². The van der Waals surface area contributed by atoms with Crippen LogP contribution in [-0.2, 0) is 30.9 Å². The Morgan fingerprint density at radius 1 is 0.387 bits per heavy atom.